The number of rotatable bonds is 3. The fraction of sp³-hybridized carbons (Fsp3) is 0.167. The molecule has 1 heterocycles. The summed E-state index contributed by atoms with van der Waals surface area (Å²) >= 11 is 0. The molecule has 0 radical (unpaired) electrons. The number of aromatic hydroxyl groups is 1. The smallest absolute Gasteiger partial charge is 0.193 e. The number of hydrogen-bond donors (Lipinski definition) is 1. The first-order chi connectivity index (χ1) is 11.0. The fourth-order valence-electron chi connectivity index (χ4n) is 2.53. The molecule has 118 valence electrons. The second-order valence-corrected chi connectivity index (χ2v) is 5.13. The van der Waals surface area contributed by atoms with Crippen LogP contribution in [0, 0.1) is 6.92 Å². The van der Waals surface area contributed by atoms with Crippen LogP contribution in [0.4, 0.5) is 0 Å². The van der Waals surface area contributed by atoms with E-state index in [1.165, 1.54) is 19.2 Å². The van der Waals surface area contributed by atoms with E-state index in [1.54, 1.807) is 26.2 Å². The van der Waals surface area contributed by atoms with E-state index in [0.717, 1.165) is 11.3 Å². The Morgan fingerprint density at radius 3 is 2.35 bits per heavy atom. The Morgan fingerprint density at radius 2 is 1.74 bits per heavy atom. The van der Waals surface area contributed by atoms with Crippen molar-refractivity contribution in [1.29, 1.82) is 0 Å². The van der Waals surface area contributed by atoms with Crippen LogP contribution in [-0.2, 0) is 0 Å². The third-order valence-corrected chi connectivity index (χ3v) is 3.80. The van der Waals surface area contributed by atoms with Crippen molar-refractivity contribution in [1.82, 2.24) is 0 Å². The first kappa shape index (κ1) is 15.0. The molecule has 5 nitrogen and oxygen atoms in total. The zero-order valence-electron chi connectivity index (χ0n) is 13.0. The van der Waals surface area contributed by atoms with Crippen LogP contribution in [0.5, 0.6) is 17.2 Å². The van der Waals surface area contributed by atoms with Gasteiger partial charge in [0, 0.05) is 23.3 Å². The van der Waals surface area contributed by atoms with Gasteiger partial charge in [0.25, 0.3) is 0 Å². The van der Waals surface area contributed by atoms with Gasteiger partial charge < -0.3 is 19.0 Å². The van der Waals surface area contributed by atoms with Gasteiger partial charge in [-0.15, -0.1) is 0 Å². The summed E-state index contributed by atoms with van der Waals surface area (Å²) in [5.41, 5.74) is 1.35. The van der Waals surface area contributed by atoms with Gasteiger partial charge in [-0.1, -0.05) is 0 Å². The molecule has 0 spiro atoms. The highest BCUT2D eigenvalue weighted by molar-refractivity contribution is 5.86. The van der Waals surface area contributed by atoms with E-state index in [-0.39, 0.29) is 16.9 Å². The second kappa shape index (κ2) is 5.68. The van der Waals surface area contributed by atoms with E-state index in [2.05, 4.69) is 0 Å². The standard InChI is InChI=1S/C18H16O5/c1-10-17-13(19)8-14(11-4-6-12(21-2)7-5-11)23-15(17)9-16(22-3)18(10)20/h4-9,20H,1-3H3. The first-order valence-electron chi connectivity index (χ1n) is 7.04. The van der Waals surface area contributed by atoms with Gasteiger partial charge in [-0.3, -0.25) is 4.79 Å². The highest BCUT2D eigenvalue weighted by atomic mass is 16.5. The number of phenols is 1. The second-order valence-electron chi connectivity index (χ2n) is 5.13. The molecule has 3 rings (SSSR count). The molecular formula is C18H16O5. The van der Waals surface area contributed by atoms with E-state index in [1.807, 2.05) is 12.1 Å². The topological polar surface area (TPSA) is 68.9 Å². The fourth-order valence-corrected chi connectivity index (χ4v) is 2.53. The molecule has 0 saturated heterocycles. The van der Waals surface area contributed by atoms with Crippen LogP contribution in [0.2, 0.25) is 0 Å². The monoisotopic (exact) mass is 312 g/mol. The lowest BCUT2D eigenvalue weighted by Gasteiger charge is -2.10. The molecule has 0 aliphatic rings. The molecule has 0 aliphatic heterocycles. The zero-order valence-corrected chi connectivity index (χ0v) is 13.0. The summed E-state index contributed by atoms with van der Waals surface area (Å²) in [6.07, 6.45) is 0. The molecule has 0 aliphatic carbocycles. The molecular weight excluding hydrogens is 296 g/mol. The molecule has 23 heavy (non-hydrogen) atoms. The van der Waals surface area contributed by atoms with Crippen molar-refractivity contribution in [2.45, 2.75) is 6.92 Å². The summed E-state index contributed by atoms with van der Waals surface area (Å²) < 4.78 is 16.1. The summed E-state index contributed by atoms with van der Waals surface area (Å²) in [6.45, 7) is 1.66. The number of methoxy groups -OCH3 is 2. The third kappa shape index (κ3) is 2.50. The lowest BCUT2D eigenvalue weighted by atomic mass is 10.1. The highest BCUT2D eigenvalue weighted by Gasteiger charge is 2.15. The largest absolute Gasteiger partial charge is 0.504 e. The van der Waals surface area contributed by atoms with Crippen molar-refractivity contribution in [3.63, 3.8) is 0 Å². The predicted octanol–water partition coefficient (Wildman–Crippen LogP) is 3.49. The number of benzene rings is 2. The SMILES string of the molecule is COc1ccc(-c2cc(=O)c3c(C)c(O)c(OC)cc3o2)cc1. The molecule has 0 fully saturated rings. The van der Waals surface area contributed by atoms with Crippen molar-refractivity contribution in [2.75, 3.05) is 14.2 Å². The van der Waals surface area contributed by atoms with E-state index >= 15 is 0 Å². The Hall–Kier alpha value is -2.95. The Labute approximate surface area is 132 Å². The summed E-state index contributed by atoms with van der Waals surface area (Å²) in [6, 6.07) is 10.2. The first-order valence-corrected chi connectivity index (χ1v) is 7.04. The van der Waals surface area contributed by atoms with Gasteiger partial charge in [-0.2, -0.15) is 0 Å². The maximum atomic E-state index is 12.4. The minimum atomic E-state index is -0.215. The zero-order chi connectivity index (χ0) is 16.6. The Balaban J connectivity index is 2.24. The lowest BCUT2D eigenvalue weighted by Crippen LogP contribution is -2.03. The van der Waals surface area contributed by atoms with Gasteiger partial charge in [0.05, 0.1) is 19.6 Å². The van der Waals surface area contributed by atoms with Crippen molar-refractivity contribution in [3.8, 4) is 28.6 Å². The quantitative estimate of drug-likeness (QED) is 0.801. The van der Waals surface area contributed by atoms with Crippen molar-refractivity contribution >= 4 is 11.0 Å². The van der Waals surface area contributed by atoms with E-state index in [4.69, 9.17) is 13.9 Å². The number of fused-ring (bicyclic) bond motifs is 1. The Morgan fingerprint density at radius 1 is 1.04 bits per heavy atom. The lowest BCUT2D eigenvalue weighted by molar-refractivity contribution is 0.372. The molecule has 0 amide bonds. The van der Waals surface area contributed by atoms with Crippen LogP contribution in [0.25, 0.3) is 22.3 Å². The van der Waals surface area contributed by atoms with E-state index in [9.17, 15) is 9.90 Å². The Bertz CT molecular complexity index is 923. The number of aryl methyl sites for hydroxylation is 1. The molecule has 0 unspecified atom stereocenters. The summed E-state index contributed by atoms with van der Waals surface area (Å²) in [7, 11) is 3.04. The molecule has 2 aromatic carbocycles. The van der Waals surface area contributed by atoms with E-state index in [0.29, 0.717) is 22.3 Å². The van der Waals surface area contributed by atoms with Crippen LogP contribution in [0.15, 0.2) is 45.6 Å². The van der Waals surface area contributed by atoms with E-state index < -0.39 is 0 Å². The van der Waals surface area contributed by atoms with Gasteiger partial charge in [0.2, 0.25) is 0 Å². The number of phenolic OH excluding ortho intramolecular Hbond substituents is 1. The molecule has 0 saturated carbocycles. The molecule has 0 atom stereocenters. The van der Waals surface area contributed by atoms with Gasteiger partial charge >= 0.3 is 0 Å². The van der Waals surface area contributed by atoms with Crippen molar-refractivity contribution in [2.24, 2.45) is 0 Å². The van der Waals surface area contributed by atoms with Gasteiger partial charge in [-0.25, -0.2) is 0 Å². The van der Waals surface area contributed by atoms with Crippen molar-refractivity contribution in [3.05, 3.63) is 52.2 Å². The van der Waals surface area contributed by atoms with Crippen LogP contribution >= 0.6 is 0 Å². The van der Waals surface area contributed by atoms with Crippen molar-refractivity contribution < 1.29 is 19.0 Å². The predicted molar refractivity (Wildman–Crippen MR) is 87.4 cm³/mol. The summed E-state index contributed by atoms with van der Waals surface area (Å²) in [4.78, 5) is 12.4. The maximum absolute atomic E-state index is 12.4. The average molecular weight is 312 g/mol. The normalized spacial score (nSPS) is 10.7. The molecule has 5 heteroatoms. The number of ether oxygens (including phenoxy) is 2. The van der Waals surface area contributed by atoms with Crippen LogP contribution < -0.4 is 14.9 Å². The van der Waals surface area contributed by atoms with Gasteiger partial charge in [0.1, 0.15) is 17.1 Å². The van der Waals surface area contributed by atoms with Crippen LogP contribution in [0.3, 0.4) is 0 Å². The number of hydrogen-bond acceptors (Lipinski definition) is 5. The third-order valence-electron chi connectivity index (χ3n) is 3.80. The van der Waals surface area contributed by atoms with Gasteiger partial charge in [0.15, 0.2) is 16.9 Å². The Kier molecular flexibility index (Phi) is 3.70. The minimum Gasteiger partial charge on any atom is -0.504 e. The van der Waals surface area contributed by atoms with Gasteiger partial charge in [-0.05, 0) is 31.2 Å². The molecule has 0 bridgehead atoms. The molecule has 1 aromatic heterocycles. The summed E-state index contributed by atoms with van der Waals surface area (Å²) in [5, 5.41) is 10.4. The molecule has 3 aromatic rings. The summed E-state index contributed by atoms with van der Waals surface area (Å²) in [5.74, 6) is 1.38. The highest BCUT2D eigenvalue weighted by Crippen LogP contribution is 2.36. The average Bonchev–Trinajstić information content (AvgIpc) is 2.57. The maximum Gasteiger partial charge on any atom is 0.193 e. The molecule has 1 N–H and O–H groups in total. The van der Waals surface area contributed by atoms with Crippen LogP contribution in [-0.4, -0.2) is 19.3 Å². The van der Waals surface area contributed by atoms with Crippen LogP contribution in [0.1, 0.15) is 5.56 Å². The minimum absolute atomic E-state index is 0.0514.